The minimum atomic E-state index is -0.433. The molecular formula is C15H13N5O2. The number of nitrogens with zero attached hydrogens (tertiary/aromatic N) is 5. The van der Waals surface area contributed by atoms with Crippen molar-refractivity contribution in [1.82, 2.24) is 9.78 Å². The van der Waals surface area contributed by atoms with Crippen molar-refractivity contribution in [3.63, 3.8) is 0 Å². The van der Waals surface area contributed by atoms with Crippen LogP contribution in [0.1, 0.15) is 12.8 Å². The summed E-state index contributed by atoms with van der Waals surface area (Å²) >= 11 is 0. The molecule has 2 rings (SSSR count). The van der Waals surface area contributed by atoms with E-state index in [4.69, 9.17) is 10.5 Å². The van der Waals surface area contributed by atoms with E-state index in [1.165, 1.54) is 6.07 Å². The number of nitro groups is 1. The summed E-state index contributed by atoms with van der Waals surface area (Å²) in [5.74, 6) is -0.307. The molecular weight excluding hydrogens is 282 g/mol. The zero-order chi connectivity index (χ0) is 15.9. The smallest absolute Gasteiger partial charge is 0.271 e. The molecule has 0 bridgehead atoms. The lowest BCUT2D eigenvalue weighted by Crippen LogP contribution is -2.09. The first kappa shape index (κ1) is 15.2. The monoisotopic (exact) mass is 295 g/mol. The van der Waals surface area contributed by atoms with Crippen molar-refractivity contribution in [2.24, 2.45) is 5.92 Å². The van der Waals surface area contributed by atoms with E-state index in [1.807, 2.05) is 6.07 Å². The first-order chi connectivity index (χ1) is 10.7. The van der Waals surface area contributed by atoms with Crippen molar-refractivity contribution in [3.05, 3.63) is 46.8 Å². The Hall–Kier alpha value is -3.19. The van der Waals surface area contributed by atoms with Gasteiger partial charge in [0.15, 0.2) is 0 Å². The summed E-state index contributed by atoms with van der Waals surface area (Å²) in [5.41, 5.74) is 1.14. The molecule has 7 nitrogen and oxygen atoms in total. The van der Waals surface area contributed by atoms with E-state index in [-0.39, 0.29) is 11.6 Å². The Morgan fingerprint density at radius 3 is 2.82 bits per heavy atom. The van der Waals surface area contributed by atoms with Gasteiger partial charge in [-0.3, -0.25) is 14.8 Å². The van der Waals surface area contributed by atoms with E-state index in [0.29, 0.717) is 30.5 Å². The summed E-state index contributed by atoms with van der Waals surface area (Å²) in [6.45, 7) is 0.360. The van der Waals surface area contributed by atoms with Crippen molar-refractivity contribution < 1.29 is 4.92 Å². The standard InChI is InChI=1S/C15H13N5O2/c16-7-3-4-12(8-17)10-19-11-13(9-18-19)14-5-1-2-6-15(14)20(21)22/h1-2,5-6,9,11-12H,3-4,10H2. The van der Waals surface area contributed by atoms with Gasteiger partial charge in [0.2, 0.25) is 0 Å². The molecule has 7 heteroatoms. The summed E-state index contributed by atoms with van der Waals surface area (Å²) in [6.07, 6.45) is 4.02. The van der Waals surface area contributed by atoms with Crippen molar-refractivity contribution in [2.45, 2.75) is 19.4 Å². The normalized spacial score (nSPS) is 11.4. The molecule has 0 saturated carbocycles. The van der Waals surface area contributed by atoms with Gasteiger partial charge in [-0.2, -0.15) is 15.6 Å². The lowest BCUT2D eigenvalue weighted by molar-refractivity contribution is -0.384. The molecule has 0 aliphatic rings. The predicted molar refractivity (Wildman–Crippen MR) is 78.3 cm³/mol. The van der Waals surface area contributed by atoms with E-state index in [1.54, 1.807) is 35.3 Å². The Morgan fingerprint density at radius 2 is 2.14 bits per heavy atom. The highest BCUT2D eigenvalue weighted by molar-refractivity contribution is 5.72. The second kappa shape index (κ2) is 7.00. The lowest BCUT2D eigenvalue weighted by atomic mass is 10.1. The molecule has 0 aliphatic carbocycles. The Morgan fingerprint density at radius 1 is 1.36 bits per heavy atom. The molecule has 0 fully saturated rings. The van der Waals surface area contributed by atoms with Crippen LogP contribution in [0.15, 0.2) is 36.7 Å². The fraction of sp³-hybridized carbons (Fsp3) is 0.267. The third-order valence-electron chi connectivity index (χ3n) is 3.24. The van der Waals surface area contributed by atoms with Gasteiger partial charge in [-0.05, 0) is 12.5 Å². The fourth-order valence-electron chi connectivity index (χ4n) is 2.14. The van der Waals surface area contributed by atoms with Crippen molar-refractivity contribution in [3.8, 4) is 23.3 Å². The van der Waals surface area contributed by atoms with Gasteiger partial charge in [0, 0.05) is 24.2 Å². The van der Waals surface area contributed by atoms with Gasteiger partial charge in [0.25, 0.3) is 5.69 Å². The average Bonchev–Trinajstić information content (AvgIpc) is 2.99. The van der Waals surface area contributed by atoms with Gasteiger partial charge in [0.1, 0.15) is 0 Å². The Balaban J connectivity index is 2.21. The minimum Gasteiger partial charge on any atom is -0.271 e. The van der Waals surface area contributed by atoms with Crippen LogP contribution < -0.4 is 0 Å². The van der Waals surface area contributed by atoms with E-state index in [9.17, 15) is 10.1 Å². The Labute approximate surface area is 127 Å². The van der Waals surface area contributed by atoms with Gasteiger partial charge >= 0.3 is 0 Å². The van der Waals surface area contributed by atoms with Gasteiger partial charge in [-0.25, -0.2) is 0 Å². The van der Waals surface area contributed by atoms with E-state index in [2.05, 4.69) is 11.2 Å². The maximum atomic E-state index is 11.0. The average molecular weight is 295 g/mol. The third-order valence-corrected chi connectivity index (χ3v) is 3.24. The number of nitriles is 2. The topological polar surface area (TPSA) is 109 Å². The highest BCUT2D eigenvalue weighted by atomic mass is 16.6. The molecule has 0 amide bonds. The fourth-order valence-corrected chi connectivity index (χ4v) is 2.14. The van der Waals surface area contributed by atoms with Crippen molar-refractivity contribution >= 4 is 5.69 Å². The molecule has 0 aliphatic heterocycles. The quantitative estimate of drug-likeness (QED) is 0.601. The molecule has 1 atom stereocenters. The van der Waals surface area contributed by atoms with Crippen LogP contribution in [-0.4, -0.2) is 14.7 Å². The number of para-hydroxylation sites is 1. The highest BCUT2D eigenvalue weighted by Gasteiger charge is 2.16. The molecule has 22 heavy (non-hydrogen) atoms. The molecule has 0 N–H and O–H groups in total. The summed E-state index contributed by atoms with van der Waals surface area (Å²) < 4.78 is 1.58. The van der Waals surface area contributed by atoms with E-state index < -0.39 is 4.92 Å². The lowest BCUT2D eigenvalue weighted by Gasteiger charge is -2.06. The number of hydrogen-bond donors (Lipinski definition) is 0. The summed E-state index contributed by atoms with van der Waals surface area (Å²) in [4.78, 5) is 10.6. The van der Waals surface area contributed by atoms with Crippen LogP contribution >= 0.6 is 0 Å². The van der Waals surface area contributed by atoms with Crippen LogP contribution in [0.5, 0.6) is 0 Å². The predicted octanol–water partition coefficient (Wildman–Crippen LogP) is 2.90. The summed E-state index contributed by atoms with van der Waals surface area (Å²) in [5, 5.41) is 32.8. The summed E-state index contributed by atoms with van der Waals surface area (Å²) in [7, 11) is 0. The van der Waals surface area contributed by atoms with Crippen molar-refractivity contribution in [1.29, 1.82) is 10.5 Å². The van der Waals surface area contributed by atoms with Crippen LogP contribution in [-0.2, 0) is 6.54 Å². The SMILES string of the molecule is N#CCCC(C#N)Cn1cc(-c2ccccc2[N+](=O)[O-])cn1. The summed E-state index contributed by atoms with van der Waals surface area (Å²) in [6, 6.07) is 10.6. The number of aromatic nitrogens is 2. The number of rotatable bonds is 6. The van der Waals surface area contributed by atoms with Crippen LogP contribution in [0.4, 0.5) is 5.69 Å². The highest BCUT2D eigenvalue weighted by Crippen LogP contribution is 2.29. The molecule has 2 aromatic rings. The van der Waals surface area contributed by atoms with Gasteiger partial charge < -0.3 is 0 Å². The molecule has 1 heterocycles. The zero-order valence-corrected chi connectivity index (χ0v) is 11.7. The van der Waals surface area contributed by atoms with Crippen LogP contribution in [0.25, 0.3) is 11.1 Å². The van der Waals surface area contributed by atoms with Gasteiger partial charge in [-0.1, -0.05) is 12.1 Å². The molecule has 0 radical (unpaired) electrons. The maximum Gasteiger partial charge on any atom is 0.277 e. The van der Waals surface area contributed by atoms with Crippen LogP contribution in [0.3, 0.4) is 0 Å². The molecule has 0 spiro atoms. The first-order valence-electron chi connectivity index (χ1n) is 6.68. The molecule has 0 saturated heterocycles. The minimum absolute atomic E-state index is 0.0170. The molecule has 1 unspecified atom stereocenters. The van der Waals surface area contributed by atoms with Crippen molar-refractivity contribution in [2.75, 3.05) is 0 Å². The largest absolute Gasteiger partial charge is 0.277 e. The second-order valence-corrected chi connectivity index (χ2v) is 4.75. The Bertz CT molecular complexity index is 754. The number of benzene rings is 1. The first-order valence-corrected chi connectivity index (χ1v) is 6.68. The molecule has 110 valence electrons. The second-order valence-electron chi connectivity index (χ2n) is 4.75. The van der Waals surface area contributed by atoms with Gasteiger partial charge in [0.05, 0.1) is 41.3 Å². The number of nitro benzene ring substituents is 1. The van der Waals surface area contributed by atoms with Gasteiger partial charge in [-0.15, -0.1) is 0 Å². The van der Waals surface area contributed by atoms with Crippen LogP contribution in [0.2, 0.25) is 0 Å². The zero-order valence-electron chi connectivity index (χ0n) is 11.7. The van der Waals surface area contributed by atoms with E-state index in [0.717, 1.165) is 0 Å². The number of hydrogen-bond acceptors (Lipinski definition) is 5. The third kappa shape index (κ3) is 3.47. The molecule has 1 aromatic carbocycles. The van der Waals surface area contributed by atoms with Crippen LogP contribution in [0, 0.1) is 38.7 Å². The maximum absolute atomic E-state index is 11.0. The Kier molecular flexibility index (Phi) is 4.84. The van der Waals surface area contributed by atoms with E-state index >= 15 is 0 Å². The molecule has 1 aromatic heterocycles.